The Labute approximate surface area is 110 Å². The van der Waals surface area contributed by atoms with Crippen molar-refractivity contribution in [2.75, 3.05) is 20.1 Å². The molecule has 0 spiro atoms. The zero-order chi connectivity index (χ0) is 13.5. The quantitative estimate of drug-likeness (QED) is 0.810. The van der Waals surface area contributed by atoms with Gasteiger partial charge in [0.1, 0.15) is 0 Å². The van der Waals surface area contributed by atoms with Gasteiger partial charge in [-0.2, -0.15) is 0 Å². The minimum atomic E-state index is -0.905. The second kappa shape index (κ2) is 6.95. The van der Waals surface area contributed by atoms with Crippen LogP contribution in [0.25, 0.3) is 0 Å². The van der Waals surface area contributed by atoms with Gasteiger partial charge in [-0.1, -0.05) is 6.92 Å². The molecule has 0 aliphatic rings. The Balaban J connectivity index is 2.25. The number of carbonyl (C=O) groups is 2. The maximum atomic E-state index is 11.6. The molecule has 1 aromatic rings. The van der Waals surface area contributed by atoms with Crippen LogP contribution >= 0.6 is 11.3 Å². The Morgan fingerprint density at radius 1 is 1.61 bits per heavy atom. The van der Waals surface area contributed by atoms with E-state index in [0.29, 0.717) is 13.0 Å². The maximum absolute atomic E-state index is 11.6. The third-order valence-corrected chi connectivity index (χ3v) is 3.25. The number of carboxylic acid groups (broad SMARTS) is 1. The molecule has 0 fully saturated rings. The minimum Gasteiger partial charge on any atom is -0.481 e. The average molecular weight is 271 g/mol. The van der Waals surface area contributed by atoms with Gasteiger partial charge in [0, 0.05) is 38.1 Å². The number of hydrogen-bond acceptors (Lipinski definition) is 4. The van der Waals surface area contributed by atoms with E-state index < -0.39 is 11.9 Å². The summed E-state index contributed by atoms with van der Waals surface area (Å²) in [4.78, 5) is 27.8. The Morgan fingerprint density at radius 3 is 2.89 bits per heavy atom. The van der Waals surface area contributed by atoms with Crippen LogP contribution in [0.2, 0.25) is 0 Å². The lowest BCUT2D eigenvalue weighted by Crippen LogP contribution is -2.41. The fourth-order valence-electron chi connectivity index (χ4n) is 1.36. The molecule has 0 saturated carbocycles. The molecule has 1 heterocycles. The van der Waals surface area contributed by atoms with E-state index in [1.807, 2.05) is 5.38 Å². The van der Waals surface area contributed by atoms with E-state index >= 15 is 0 Å². The first kappa shape index (κ1) is 14.4. The summed E-state index contributed by atoms with van der Waals surface area (Å²) in [5.74, 6) is -1.47. The lowest BCUT2D eigenvalue weighted by Gasteiger charge is -2.19. The molecule has 6 nitrogen and oxygen atoms in total. The predicted octanol–water partition coefficient (Wildman–Crippen LogP) is 1.05. The van der Waals surface area contributed by atoms with Crippen molar-refractivity contribution in [1.82, 2.24) is 15.2 Å². The highest BCUT2D eigenvalue weighted by molar-refractivity contribution is 7.09. The van der Waals surface area contributed by atoms with Crippen molar-refractivity contribution in [1.29, 1.82) is 0 Å². The van der Waals surface area contributed by atoms with E-state index in [-0.39, 0.29) is 12.6 Å². The van der Waals surface area contributed by atoms with E-state index in [1.165, 1.54) is 4.90 Å². The molecule has 100 valence electrons. The molecule has 2 amide bonds. The van der Waals surface area contributed by atoms with Crippen LogP contribution in [0.4, 0.5) is 4.79 Å². The second-order valence-electron chi connectivity index (χ2n) is 4.03. The van der Waals surface area contributed by atoms with Crippen molar-refractivity contribution in [2.45, 2.75) is 13.3 Å². The Kier molecular flexibility index (Phi) is 5.57. The number of aliphatic carboxylic acids is 1. The second-order valence-corrected chi connectivity index (χ2v) is 5.01. The fourth-order valence-corrected chi connectivity index (χ4v) is 1.98. The van der Waals surface area contributed by atoms with Crippen molar-refractivity contribution in [3.05, 3.63) is 16.6 Å². The van der Waals surface area contributed by atoms with Crippen LogP contribution in [-0.4, -0.2) is 47.1 Å². The van der Waals surface area contributed by atoms with Gasteiger partial charge >= 0.3 is 12.0 Å². The van der Waals surface area contributed by atoms with E-state index in [0.717, 1.165) is 5.01 Å². The fraction of sp³-hybridized carbons (Fsp3) is 0.545. The number of nitrogens with one attached hydrogen (secondary N) is 1. The zero-order valence-corrected chi connectivity index (χ0v) is 11.2. The van der Waals surface area contributed by atoms with Crippen LogP contribution in [0, 0.1) is 5.92 Å². The smallest absolute Gasteiger partial charge is 0.317 e. The molecule has 0 radical (unpaired) electrons. The molecule has 1 unspecified atom stereocenters. The number of thiazole rings is 1. The van der Waals surface area contributed by atoms with E-state index in [1.54, 1.807) is 31.5 Å². The molecule has 1 rings (SSSR count). The third-order valence-electron chi connectivity index (χ3n) is 2.41. The van der Waals surface area contributed by atoms with Crippen molar-refractivity contribution in [2.24, 2.45) is 5.92 Å². The molecule has 2 N–H and O–H groups in total. The first-order valence-electron chi connectivity index (χ1n) is 5.61. The highest BCUT2D eigenvalue weighted by atomic mass is 32.1. The van der Waals surface area contributed by atoms with Crippen molar-refractivity contribution in [3.8, 4) is 0 Å². The summed E-state index contributed by atoms with van der Waals surface area (Å²) in [6.45, 7) is 2.26. The van der Waals surface area contributed by atoms with Crippen LogP contribution in [0.5, 0.6) is 0 Å². The number of urea groups is 1. The van der Waals surface area contributed by atoms with Crippen LogP contribution in [-0.2, 0) is 11.2 Å². The summed E-state index contributed by atoms with van der Waals surface area (Å²) >= 11 is 1.54. The minimum absolute atomic E-state index is 0.193. The lowest BCUT2D eigenvalue weighted by atomic mass is 10.2. The van der Waals surface area contributed by atoms with Gasteiger partial charge in [-0.3, -0.25) is 4.79 Å². The maximum Gasteiger partial charge on any atom is 0.317 e. The molecule has 0 aliphatic carbocycles. The normalized spacial score (nSPS) is 11.9. The molecule has 0 aliphatic heterocycles. The molecular formula is C11H17N3O3S. The van der Waals surface area contributed by atoms with Gasteiger partial charge in [0.15, 0.2) is 0 Å². The van der Waals surface area contributed by atoms with Crippen LogP contribution in [0.3, 0.4) is 0 Å². The van der Waals surface area contributed by atoms with Crippen molar-refractivity contribution >= 4 is 23.3 Å². The summed E-state index contributed by atoms with van der Waals surface area (Å²) in [5, 5.41) is 14.3. The Hall–Kier alpha value is -1.63. The monoisotopic (exact) mass is 271 g/mol. The number of nitrogens with zero attached hydrogens (tertiary/aromatic N) is 2. The van der Waals surface area contributed by atoms with Gasteiger partial charge < -0.3 is 15.3 Å². The van der Waals surface area contributed by atoms with Gasteiger partial charge in [-0.25, -0.2) is 9.78 Å². The number of aromatic nitrogens is 1. The van der Waals surface area contributed by atoms with Crippen LogP contribution in [0.15, 0.2) is 11.6 Å². The summed E-state index contributed by atoms with van der Waals surface area (Å²) in [6.07, 6.45) is 2.41. The van der Waals surface area contributed by atoms with Gasteiger partial charge in [-0.15, -0.1) is 11.3 Å². The number of hydrogen-bond donors (Lipinski definition) is 2. The summed E-state index contributed by atoms with van der Waals surface area (Å²) in [6, 6.07) is -0.264. The van der Waals surface area contributed by atoms with Crippen LogP contribution < -0.4 is 5.32 Å². The van der Waals surface area contributed by atoms with E-state index in [2.05, 4.69) is 10.3 Å². The van der Waals surface area contributed by atoms with Gasteiger partial charge in [0.2, 0.25) is 0 Å². The number of amides is 2. The topological polar surface area (TPSA) is 82.5 Å². The average Bonchev–Trinajstić information content (AvgIpc) is 2.81. The van der Waals surface area contributed by atoms with E-state index in [4.69, 9.17) is 5.11 Å². The summed E-state index contributed by atoms with van der Waals surface area (Å²) in [7, 11) is 1.58. The Bertz CT molecular complexity index is 394. The van der Waals surface area contributed by atoms with Gasteiger partial charge in [0.05, 0.1) is 10.9 Å². The first-order chi connectivity index (χ1) is 8.50. The van der Waals surface area contributed by atoms with Gasteiger partial charge in [-0.05, 0) is 0 Å². The number of carbonyl (C=O) groups excluding carboxylic acids is 1. The van der Waals surface area contributed by atoms with Gasteiger partial charge in [0.25, 0.3) is 0 Å². The third kappa shape index (κ3) is 4.70. The standard InChI is InChI=1S/C11H17N3O3S/c1-8(10(15)16)7-14(2)11(17)13-4-3-9-12-5-6-18-9/h5-6,8H,3-4,7H2,1-2H3,(H,13,17)(H,15,16). The Morgan fingerprint density at radius 2 is 2.33 bits per heavy atom. The highest BCUT2D eigenvalue weighted by Gasteiger charge is 2.16. The molecule has 1 atom stereocenters. The molecule has 0 saturated heterocycles. The molecule has 0 aromatic carbocycles. The molecule has 7 heteroatoms. The van der Waals surface area contributed by atoms with Crippen molar-refractivity contribution in [3.63, 3.8) is 0 Å². The molecule has 1 aromatic heterocycles. The number of rotatable bonds is 6. The SMILES string of the molecule is CC(CN(C)C(=O)NCCc1nccs1)C(=O)O. The largest absolute Gasteiger partial charge is 0.481 e. The predicted molar refractivity (Wildman–Crippen MR) is 68.6 cm³/mol. The zero-order valence-electron chi connectivity index (χ0n) is 10.4. The number of carboxylic acids is 1. The first-order valence-corrected chi connectivity index (χ1v) is 6.48. The van der Waals surface area contributed by atoms with Crippen LogP contribution in [0.1, 0.15) is 11.9 Å². The lowest BCUT2D eigenvalue weighted by molar-refractivity contribution is -0.141. The molecular weight excluding hydrogens is 254 g/mol. The highest BCUT2D eigenvalue weighted by Crippen LogP contribution is 2.03. The molecule has 18 heavy (non-hydrogen) atoms. The van der Waals surface area contributed by atoms with Crippen molar-refractivity contribution < 1.29 is 14.7 Å². The summed E-state index contributed by atoms with van der Waals surface area (Å²) < 4.78 is 0. The van der Waals surface area contributed by atoms with E-state index in [9.17, 15) is 9.59 Å². The molecule has 0 bridgehead atoms. The summed E-state index contributed by atoms with van der Waals surface area (Å²) in [5.41, 5.74) is 0.